The average molecular weight is 371 g/mol. The Morgan fingerprint density at radius 3 is 2.38 bits per heavy atom. The third kappa shape index (κ3) is 3.37. The highest BCUT2D eigenvalue weighted by Gasteiger charge is 2.40. The Balaban J connectivity index is 2.03. The van der Waals surface area contributed by atoms with Gasteiger partial charge in [-0.2, -0.15) is 0 Å². The van der Waals surface area contributed by atoms with E-state index < -0.39 is 17.6 Å². The third-order valence-corrected chi connectivity index (χ3v) is 4.81. The van der Waals surface area contributed by atoms with Gasteiger partial charge in [-0.3, -0.25) is 9.59 Å². The van der Waals surface area contributed by atoms with Gasteiger partial charge >= 0.3 is 0 Å². The quantitative estimate of drug-likeness (QED) is 0.712. The van der Waals surface area contributed by atoms with Gasteiger partial charge in [-0.15, -0.1) is 11.8 Å². The maximum absolute atomic E-state index is 13.6. The second kappa shape index (κ2) is 7.74. The van der Waals surface area contributed by atoms with Crippen LogP contribution in [0.15, 0.2) is 53.4 Å². The van der Waals surface area contributed by atoms with Crippen LogP contribution >= 0.6 is 11.8 Å². The molecular formula is C20H18FNO3S. The van der Waals surface area contributed by atoms with Crippen molar-refractivity contribution in [2.45, 2.75) is 13.8 Å². The third-order valence-electron chi connectivity index (χ3n) is 3.85. The van der Waals surface area contributed by atoms with Crippen molar-refractivity contribution in [1.82, 2.24) is 0 Å². The van der Waals surface area contributed by atoms with Crippen LogP contribution in [0, 0.1) is 5.82 Å². The summed E-state index contributed by atoms with van der Waals surface area (Å²) in [6.07, 6.45) is 0. The zero-order valence-electron chi connectivity index (χ0n) is 14.5. The maximum Gasteiger partial charge on any atom is 0.272 e. The second-order valence-electron chi connectivity index (χ2n) is 5.52. The van der Waals surface area contributed by atoms with E-state index in [4.69, 9.17) is 4.74 Å². The summed E-state index contributed by atoms with van der Waals surface area (Å²) in [6.45, 7) is 4.35. The van der Waals surface area contributed by atoms with E-state index >= 15 is 0 Å². The van der Waals surface area contributed by atoms with Crippen molar-refractivity contribution in [3.8, 4) is 5.75 Å². The van der Waals surface area contributed by atoms with Crippen molar-refractivity contribution in [3.63, 3.8) is 0 Å². The van der Waals surface area contributed by atoms with E-state index in [1.54, 1.807) is 30.3 Å². The van der Waals surface area contributed by atoms with E-state index in [0.717, 1.165) is 4.90 Å². The molecule has 1 aliphatic heterocycles. The van der Waals surface area contributed by atoms with Crippen molar-refractivity contribution >= 4 is 34.8 Å². The van der Waals surface area contributed by atoms with Crippen LogP contribution in [0.3, 0.4) is 0 Å². The van der Waals surface area contributed by atoms with Crippen LogP contribution in [0.2, 0.25) is 0 Å². The van der Waals surface area contributed by atoms with Gasteiger partial charge in [-0.05, 0) is 48.6 Å². The van der Waals surface area contributed by atoms with Gasteiger partial charge in [0.05, 0.1) is 22.8 Å². The number of imide groups is 1. The first-order valence-corrected chi connectivity index (χ1v) is 9.30. The van der Waals surface area contributed by atoms with Crippen LogP contribution < -0.4 is 9.64 Å². The van der Waals surface area contributed by atoms with Crippen molar-refractivity contribution in [2.75, 3.05) is 17.3 Å². The van der Waals surface area contributed by atoms with Crippen molar-refractivity contribution in [2.24, 2.45) is 0 Å². The molecule has 0 radical (unpaired) electrons. The van der Waals surface area contributed by atoms with E-state index in [-0.39, 0.29) is 5.69 Å². The maximum atomic E-state index is 13.6. The van der Waals surface area contributed by atoms with Gasteiger partial charge in [0.1, 0.15) is 11.6 Å². The Hall–Kier alpha value is -2.60. The fourth-order valence-corrected chi connectivity index (χ4v) is 3.63. The van der Waals surface area contributed by atoms with Crippen molar-refractivity contribution in [1.29, 1.82) is 0 Å². The van der Waals surface area contributed by atoms with E-state index in [2.05, 4.69) is 0 Å². The van der Waals surface area contributed by atoms with E-state index in [0.29, 0.717) is 34.2 Å². The van der Waals surface area contributed by atoms with Gasteiger partial charge in [-0.25, -0.2) is 9.29 Å². The Morgan fingerprint density at radius 2 is 1.77 bits per heavy atom. The lowest BCUT2D eigenvalue weighted by Crippen LogP contribution is -2.31. The monoisotopic (exact) mass is 371 g/mol. The molecule has 2 aromatic carbocycles. The average Bonchev–Trinajstić information content (AvgIpc) is 2.87. The molecule has 0 spiro atoms. The number of hydrogen-bond donors (Lipinski definition) is 0. The smallest absolute Gasteiger partial charge is 0.272 e. The number of amides is 2. The summed E-state index contributed by atoms with van der Waals surface area (Å²) in [5.74, 6) is -0.0223. The molecule has 26 heavy (non-hydrogen) atoms. The Labute approximate surface area is 155 Å². The number of rotatable bonds is 6. The second-order valence-corrected chi connectivity index (χ2v) is 6.79. The van der Waals surface area contributed by atoms with Gasteiger partial charge in [0.2, 0.25) is 0 Å². The first-order valence-electron chi connectivity index (χ1n) is 8.31. The normalized spacial score (nSPS) is 14.3. The molecule has 0 bridgehead atoms. The summed E-state index contributed by atoms with van der Waals surface area (Å²) in [7, 11) is 0. The minimum Gasteiger partial charge on any atom is -0.494 e. The number of ether oxygens (including phenoxy) is 1. The number of carbonyl (C=O) groups is 2. The molecule has 0 aromatic heterocycles. The SMILES string of the molecule is CCOc1ccc(C2=C(SCC)C(=O)N(c3cccc(F)c3)C2=O)cc1. The standard InChI is InChI=1S/C20H18FNO3S/c1-3-25-16-10-8-13(9-11-16)17-18(26-4-2)20(24)22(19(17)23)15-7-5-6-14(21)12-15/h5-12H,3-4H2,1-2H3. The van der Waals surface area contributed by atoms with Crippen LogP contribution in [0.4, 0.5) is 10.1 Å². The zero-order chi connectivity index (χ0) is 18.7. The number of anilines is 1. The number of carbonyl (C=O) groups excluding carboxylic acids is 2. The summed E-state index contributed by atoms with van der Waals surface area (Å²) < 4.78 is 19.0. The molecule has 134 valence electrons. The summed E-state index contributed by atoms with van der Waals surface area (Å²) >= 11 is 1.31. The molecule has 0 fully saturated rings. The number of hydrogen-bond acceptors (Lipinski definition) is 4. The molecule has 3 rings (SSSR count). The highest BCUT2D eigenvalue weighted by Crippen LogP contribution is 2.38. The largest absolute Gasteiger partial charge is 0.494 e. The fraction of sp³-hybridized carbons (Fsp3) is 0.200. The van der Waals surface area contributed by atoms with Crippen molar-refractivity contribution < 1.29 is 18.7 Å². The first kappa shape index (κ1) is 18.2. The number of nitrogens with zero attached hydrogens (tertiary/aromatic N) is 1. The van der Waals surface area contributed by atoms with E-state index in [1.165, 1.54) is 30.0 Å². The topological polar surface area (TPSA) is 46.6 Å². The molecule has 4 nitrogen and oxygen atoms in total. The van der Waals surface area contributed by atoms with E-state index in [1.807, 2.05) is 13.8 Å². The van der Waals surface area contributed by atoms with Crippen LogP contribution in [0.1, 0.15) is 19.4 Å². The summed E-state index contributed by atoms with van der Waals surface area (Å²) in [6, 6.07) is 12.5. The number of halogens is 1. The minimum atomic E-state index is -0.498. The van der Waals surface area contributed by atoms with Crippen LogP contribution in [-0.2, 0) is 9.59 Å². The van der Waals surface area contributed by atoms with E-state index in [9.17, 15) is 14.0 Å². The molecule has 2 aromatic rings. The molecule has 2 amide bonds. The Morgan fingerprint density at radius 1 is 1.04 bits per heavy atom. The molecule has 0 N–H and O–H groups in total. The number of thioether (sulfide) groups is 1. The highest BCUT2D eigenvalue weighted by atomic mass is 32.2. The molecule has 0 aliphatic carbocycles. The van der Waals surface area contributed by atoms with Gasteiger partial charge < -0.3 is 4.74 Å². The summed E-state index contributed by atoms with van der Waals surface area (Å²) in [5, 5.41) is 0. The molecule has 1 aliphatic rings. The predicted octanol–water partition coefficient (Wildman–Crippen LogP) is 4.26. The molecule has 0 unspecified atom stereocenters. The lowest BCUT2D eigenvalue weighted by molar-refractivity contribution is -0.119. The summed E-state index contributed by atoms with van der Waals surface area (Å²) in [5.41, 5.74) is 1.21. The lowest BCUT2D eigenvalue weighted by Gasteiger charge is -2.15. The van der Waals surface area contributed by atoms with Crippen LogP contribution in [-0.4, -0.2) is 24.2 Å². The van der Waals surface area contributed by atoms with Crippen LogP contribution in [0.5, 0.6) is 5.75 Å². The minimum absolute atomic E-state index is 0.232. The van der Waals surface area contributed by atoms with Crippen molar-refractivity contribution in [3.05, 3.63) is 64.8 Å². The molecular weight excluding hydrogens is 353 g/mol. The lowest BCUT2D eigenvalue weighted by atomic mass is 10.1. The number of benzene rings is 2. The summed E-state index contributed by atoms with van der Waals surface area (Å²) in [4.78, 5) is 27.3. The first-order chi connectivity index (χ1) is 12.6. The molecule has 6 heteroatoms. The molecule has 0 atom stereocenters. The van der Waals surface area contributed by atoms with Gasteiger partial charge in [0, 0.05) is 0 Å². The van der Waals surface area contributed by atoms with Crippen LogP contribution in [0.25, 0.3) is 5.57 Å². The van der Waals surface area contributed by atoms with Gasteiger partial charge in [0.25, 0.3) is 11.8 Å². The molecule has 0 saturated heterocycles. The zero-order valence-corrected chi connectivity index (χ0v) is 15.3. The van der Waals surface area contributed by atoms with Gasteiger partial charge in [0.15, 0.2) is 0 Å². The predicted molar refractivity (Wildman–Crippen MR) is 102 cm³/mol. The molecule has 1 heterocycles. The van der Waals surface area contributed by atoms with Gasteiger partial charge in [-0.1, -0.05) is 25.1 Å². The fourth-order valence-electron chi connectivity index (χ4n) is 2.78. The highest BCUT2D eigenvalue weighted by molar-refractivity contribution is 8.04. The Kier molecular flexibility index (Phi) is 5.42. The molecule has 0 saturated carbocycles. The Bertz CT molecular complexity index is 877.